The molecule has 0 atom stereocenters. The van der Waals surface area contributed by atoms with E-state index in [0.717, 1.165) is 44.0 Å². The van der Waals surface area contributed by atoms with Gasteiger partial charge in [-0.15, -0.1) is 0 Å². The Morgan fingerprint density at radius 2 is 0.771 bits per heavy atom. The summed E-state index contributed by atoms with van der Waals surface area (Å²) in [6, 6.07) is 40.6. The highest BCUT2D eigenvalue weighted by atomic mass is 31.1. The van der Waals surface area contributed by atoms with Crippen molar-refractivity contribution >= 4 is 59.6 Å². The minimum atomic E-state index is -1.27. The minimum absolute atomic E-state index is 0.205. The Labute approximate surface area is 282 Å². The average Bonchev–Trinajstić information content (AvgIpc) is 3.14. The summed E-state index contributed by atoms with van der Waals surface area (Å²) in [5.74, 6) is -0.882. The maximum atomic E-state index is 12.9. The number of hydrogen-bond acceptors (Lipinski definition) is 6. The lowest BCUT2D eigenvalue weighted by atomic mass is 10.1. The van der Waals surface area contributed by atoms with Crippen LogP contribution in [0.15, 0.2) is 171 Å². The molecule has 0 saturated carbocycles. The molecule has 0 aliphatic carbocycles. The summed E-state index contributed by atoms with van der Waals surface area (Å²) in [7, 11) is -2.53. The average molecular weight is 665 g/mol. The summed E-state index contributed by atoms with van der Waals surface area (Å²) in [4.78, 5) is 35.0. The molecule has 0 N–H and O–H groups in total. The van der Waals surface area contributed by atoms with E-state index in [0.29, 0.717) is 11.1 Å². The van der Waals surface area contributed by atoms with Crippen molar-refractivity contribution < 1.29 is 19.1 Å². The first-order valence-corrected chi connectivity index (χ1v) is 17.7. The summed E-state index contributed by atoms with van der Waals surface area (Å²) in [5, 5.41) is 5.84. The zero-order valence-electron chi connectivity index (χ0n) is 25.8. The van der Waals surface area contributed by atoms with Crippen molar-refractivity contribution in [2.75, 3.05) is 0 Å². The molecule has 0 amide bonds. The van der Waals surface area contributed by atoms with Crippen LogP contribution in [-0.4, -0.2) is 21.9 Å². The number of nitrogens with zero attached hydrogens (tertiary/aromatic N) is 2. The number of aromatic nitrogens is 2. The number of benzene rings is 4. The predicted octanol–water partition coefficient (Wildman–Crippen LogP) is 5.84. The van der Waals surface area contributed by atoms with Gasteiger partial charge in [0.05, 0.1) is 12.4 Å². The summed E-state index contributed by atoms with van der Waals surface area (Å²) < 4.78 is 11.9. The van der Waals surface area contributed by atoms with Crippen molar-refractivity contribution in [1.29, 1.82) is 0 Å². The zero-order chi connectivity index (χ0) is 33.3. The smallest absolute Gasteiger partial charge is 0.335 e. The van der Waals surface area contributed by atoms with Crippen LogP contribution >= 0.6 is 15.8 Å². The molecule has 2 aromatic heterocycles. The fraction of sp³-hybridized carbons (Fsp3) is 0. The third-order valence-electron chi connectivity index (χ3n) is 7.33. The van der Waals surface area contributed by atoms with Crippen molar-refractivity contribution in [2.45, 2.75) is 0 Å². The molecule has 6 aromatic rings. The lowest BCUT2D eigenvalue weighted by Gasteiger charge is -2.27. The van der Waals surface area contributed by atoms with E-state index in [9.17, 15) is 9.59 Å². The number of hydrogen-bond donors (Lipinski definition) is 0. The van der Waals surface area contributed by atoms with Gasteiger partial charge in [-0.2, -0.15) is 0 Å². The largest absolute Gasteiger partial charge is 0.421 e. The molecule has 6 rings (SSSR count). The van der Waals surface area contributed by atoms with Gasteiger partial charge in [0, 0.05) is 46.3 Å². The van der Waals surface area contributed by atoms with E-state index in [1.165, 1.54) is 12.4 Å². The lowest BCUT2D eigenvalue weighted by molar-refractivity contribution is -0.129. The van der Waals surface area contributed by atoms with Crippen molar-refractivity contribution in [1.82, 2.24) is 9.97 Å². The molecule has 0 aliphatic heterocycles. The molecule has 234 valence electrons. The molecule has 8 heteroatoms. The molecule has 0 saturated heterocycles. The molecule has 4 aromatic carbocycles. The Hall–Kier alpha value is -5.54. The van der Waals surface area contributed by atoms with E-state index in [4.69, 9.17) is 9.47 Å². The Morgan fingerprint density at radius 3 is 1.04 bits per heavy atom. The fourth-order valence-corrected chi connectivity index (χ4v) is 10.2. The molecule has 0 radical (unpaired) electrons. The molecule has 0 fully saturated rings. The van der Waals surface area contributed by atoms with Gasteiger partial charge in [-0.25, -0.2) is 9.59 Å². The number of carbonyl (C=O) groups excluding carboxylic acids is 2. The van der Waals surface area contributed by atoms with Crippen LogP contribution in [0.1, 0.15) is 0 Å². The second kappa shape index (κ2) is 15.4. The van der Waals surface area contributed by atoms with Gasteiger partial charge in [0.25, 0.3) is 0 Å². The van der Waals surface area contributed by atoms with Crippen LogP contribution in [0.3, 0.4) is 0 Å². The molecular formula is C40H30N2O4P2. The first-order chi connectivity index (χ1) is 23.6. The number of esters is 2. The standard InChI is InChI=1S/C40H30N2O4P2/c1-3-37(43)45-33-25-41-27-35(47(29-17-9-5-10-18-29)30-19-11-6-12-20-30)39(33)40-34(46-38(44)4-2)26-42-28-36(40)48(31-21-13-7-14-22-31)32-23-15-8-16-24-32/h3-28H,1-2H2. The second-order valence-electron chi connectivity index (χ2n) is 10.3. The van der Waals surface area contributed by atoms with E-state index >= 15 is 0 Å². The van der Waals surface area contributed by atoms with Crippen LogP contribution in [0.5, 0.6) is 11.5 Å². The van der Waals surface area contributed by atoms with Gasteiger partial charge >= 0.3 is 11.9 Å². The third kappa shape index (κ3) is 7.06. The van der Waals surface area contributed by atoms with E-state index in [1.54, 1.807) is 0 Å². The van der Waals surface area contributed by atoms with Gasteiger partial charge in [-0.1, -0.05) is 134 Å². The first kappa shape index (κ1) is 32.4. The Morgan fingerprint density at radius 1 is 0.479 bits per heavy atom. The number of ether oxygens (including phenoxy) is 2. The molecule has 0 bridgehead atoms. The maximum absolute atomic E-state index is 12.9. The van der Waals surface area contributed by atoms with Crippen LogP contribution < -0.4 is 41.3 Å². The van der Waals surface area contributed by atoms with Crippen molar-refractivity contribution in [3.8, 4) is 22.6 Å². The lowest BCUT2D eigenvalue weighted by Crippen LogP contribution is -2.27. The second-order valence-corrected chi connectivity index (χ2v) is 14.7. The van der Waals surface area contributed by atoms with E-state index < -0.39 is 27.8 Å². The molecule has 0 unspecified atom stereocenters. The Balaban J connectivity index is 1.75. The maximum Gasteiger partial charge on any atom is 0.335 e. The SMILES string of the molecule is C=CC(=O)Oc1cncc(P(c2ccccc2)c2ccccc2)c1-c1c(OC(=O)C=C)cncc1P(c1ccccc1)c1ccccc1. The topological polar surface area (TPSA) is 78.4 Å². The van der Waals surface area contributed by atoms with Gasteiger partial charge in [0.2, 0.25) is 0 Å². The highest BCUT2D eigenvalue weighted by Gasteiger charge is 2.31. The number of rotatable bonds is 11. The molecule has 6 nitrogen and oxygen atoms in total. The van der Waals surface area contributed by atoms with Crippen LogP contribution in [0.4, 0.5) is 0 Å². The Kier molecular flexibility index (Phi) is 10.4. The van der Waals surface area contributed by atoms with Gasteiger partial charge < -0.3 is 9.47 Å². The van der Waals surface area contributed by atoms with Crippen molar-refractivity contribution in [3.63, 3.8) is 0 Å². The molecular weight excluding hydrogens is 634 g/mol. The van der Waals surface area contributed by atoms with Crippen LogP contribution in [0, 0.1) is 0 Å². The Bertz CT molecular complexity index is 1830. The van der Waals surface area contributed by atoms with E-state index in [2.05, 4.69) is 71.7 Å². The predicted molar refractivity (Wildman–Crippen MR) is 197 cm³/mol. The summed E-state index contributed by atoms with van der Waals surface area (Å²) in [6.45, 7) is 7.25. The van der Waals surface area contributed by atoms with Crippen LogP contribution in [-0.2, 0) is 9.59 Å². The van der Waals surface area contributed by atoms with Crippen molar-refractivity contribution in [2.24, 2.45) is 0 Å². The van der Waals surface area contributed by atoms with Gasteiger partial charge in [0.1, 0.15) is 0 Å². The van der Waals surface area contributed by atoms with E-state index in [-0.39, 0.29) is 11.5 Å². The normalized spacial score (nSPS) is 10.8. The van der Waals surface area contributed by atoms with Gasteiger partial charge in [0.15, 0.2) is 11.5 Å². The van der Waals surface area contributed by atoms with Crippen LogP contribution in [0.2, 0.25) is 0 Å². The molecule has 0 spiro atoms. The highest BCUT2D eigenvalue weighted by Crippen LogP contribution is 2.46. The molecule has 48 heavy (non-hydrogen) atoms. The number of pyridine rings is 2. The summed E-state index contributed by atoms with van der Waals surface area (Å²) >= 11 is 0. The fourth-order valence-electron chi connectivity index (χ4n) is 5.32. The zero-order valence-corrected chi connectivity index (χ0v) is 27.6. The monoisotopic (exact) mass is 664 g/mol. The summed E-state index contributed by atoms with van der Waals surface area (Å²) in [5.41, 5.74) is 1.14. The van der Waals surface area contributed by atoms with Gasteiger partial charge in [-0.3, -0.25) is 9.97 Å². The number of carbonyl (C=O) groups is 2. The summed E-state index contributed by atoms with van der Waals surface area (Å²) in [6.07, 6.45) is 8.87. The van der Waals surface area contributed by atoms with Gasteiger partial charge in [-0.05, 0) is 37.1 Å². The third-order valence-corrected chi connectivity index (χ3v) is 12.2. The van der Waals surface area contributed by atoms with E-state index in [1.807, 2.05) is 85.2 Å². The minimum Gasteiger partial charge on any atom is -0.421 e. The quantitative estimate of drug-likeness (QED) is 0.0984. The van der Waals surface area contributed by atoms with Crippen LogP contribution in [0.25, 0.3) is 11.1 Å². The molecule has 2 heterocycles. The highest BCUT2D eigenvalue weighted by molar-refractivity contribution is 7.80. The molecule has 0 aliphatic rings. The first-order valence-electron chi connectivity index (χ1n) is 15.0. The van der Waals surface area contributed by atoms with Crippen molar-refractivity contribution in [3.05, 3.63) is 171 Å².